The van der Waals surface area contributed by atoms with Crippen molar-refractivity contribution in [1.82, 2.24) is 15.2 Å². The summed E-state index contributed by atoms with van der Waals surface area (Å²) in [4.78, 5) is 19.3. The third-order valence-electron chi connectivity index (χ3n) is 5.60. The molecule has 0 spiro atoms. The number of ether oxygens (including phenoxy) is 3. The normalized spacial score (nSPS) is 18.8. The number of aromatic nitrogens is 1. The molecule has 1 aliphatic rings. The summed E-state index contributed by atoms with van der Waals surface area (Å²) >= 11 is 6.11. The number of nitrogen functional groups attached to an aromatic ring is 1. The number of hydrogen-bond acceptors (Lipinski definition) is 7. The fraction of sp³-hybridized carbons (Fsp3) is 0.478. The summed E-state index contributed by atoms with van der Waals surface area (Å²) in [7, 11) is 3.17. The Hall–Kier alpha value is -2.55. The predicted octanol–water partition coefficient (Wildman–Crippen LogP) is 3.00. The standard InChI is InChI=1S/C23H31ClN4O4/c1-30-21-13-19(25)18(24)12-17(21)23(29)27-20-7-10-28(15-22(20)31-2)9-3-4-11-32-16-6-5-8-26-14-16/h5-6,8,12-14,20,22H,3-4,7,9-11,15,25H2,1-2H3,(H,27,29). The molecular weight excluding hydrogens is 432 g/mol. The molecule has 1 amide bonds. The van der Waals surface area contributed by atoms with Crippen LogP contribution >= 0.6 is 11.6 Å². The van der Waals surface area contributed by atoms with Crippen molar-refractivity contribution in [2.45, 2.75) is 31.4 Å². The number of pyridine rings is 1. The summed E-state index contributed by atoms with van der Waals surface area (Å²) in [6.45, 7) is 3.26. The minimum atomic E-state index is -0.253. The second-order valence-electron chi connectivity index (χ2n) is 7.76. The highest BCUT2D eigenvalue weighted by molar-refractivity contribution is 6.33. The molecule has 0 bridgehead atoms. The number of benzene rings is 1. The molecule has 0 aliphatic carbocycles. The zero-order valence-corrected chi connectivity index (χ0v) is 19.3. The minimum absolute atomic E-state index is 0.0984. The van der Waals surface area contributed by atoms with Crippen molar-refractivity contribution in [2.75, 3.05) is 46.2 Å². The molecular formula is C23H31ClN4O4. The molecule has 8 nitrogen and oxygen atoms in total. The highest BCUT2D eigenvalue weighted by Gasteiger charge is 2.31. The van der Waals surface area contributed by atoms with E-state index in [1.54, 1.807) is 25.6 Å². The SMILES string of the molecule is COc1cc(N)c(Cl)cc1C(=O)NC1CCN(CCCCOc2cccnc2)CC1OC. The van der Waals surface area contributed by atoms with E-state index in [9.17, 15) is 4.79 Å². The lowest BCUT2D eigenvalue weighted by Crippen LogP contribution is -2.54. The van der Waals surface area contributed by atoms with Crippen LogP contribution in [-0.2, 0) is 4.74 Å². The minimum Gasteiger partial charge on any atom is -0.496 e. The quantitative estimate of drug-likeness (QED) is 0.413. The monoisotopic (exact) mass is 462 g/mol. The summed E-state index contributed by atoms with van der Waals surface area (Å²) in [6, 6.07) is 6.77. The molecule has 1 aromatic carbocycles. The zero-order valence-electron chi connectivity index (χ0n) is 18.6. The van der Waals surface area contributed by atoms with E-state index < -0.39 is 0 Å². The van der Waals surface area contributed by atoms with Crippen molar-refractivity contribution < 1.29 is 19.0 Å². The van der Waals surface area contributed by atoms with Gasteiger partial charge in [0, 0.05) is 32.5 Å². The summed E-state index contributed by atoms with van der Waals surface area (Å²) in [5, 5.41) is 3.40. The first kappa shape index (κ1) is 24.1. The van der Waals surface area contributed by atoms with Crippen LogP contribution in [0.25, 0.3) is 0 Å². The average Bonchev–Trinajstić information content (AvgIpc) is 2.81. The molecule has 2 heterocycles. The van der Waals surface area contributed by atoms with Gasteiger partial charge in [0.2, 0.25) is 0 Å². The number of carbonyl (C=O) groups is 1. The number of methoxy groups -OCH3 is 2. The van der Waals surface area contributed by atoms with Gasteiger partial charge >= 0.3 is 0 Å². The average molecular weight is 463 g/mol. The van der Waals surface area contributed by atoms with Crippen LogP contribution in [0.4, 0.5) is 5.69 Å². The third-order valence-corrected chi connectivity index (χ3v) is 5.93. The Morgan fingerprint density at radius 3 is 2.91 bits per heavy atom. The number of halogens is 1. The Kier molecular flexibility index (Phi) is 8.96. The van der Waals surface area contributed by atoms with E-state index in [2.05, 4.69) is 15.2 Å². The molecule has 2 atom stereocenters. The Labute approximate surface area is 194 Å². The van der Waals surface area contributed by atoms with Gasteiger partial charge in [0.1, 0.15) is 11.5 Å². The lowest BCUT2D eigenvalue weighted by molar-refractivity contribution is 0.00578. The van der Waals surface area contributed by atoms with E-state index in [1.165, 1.54) is 13.2 Å². The lowest BCUT2D eigenvalue weighted by atomic mass is 10.0. The number of nitrogens with two attached hydrogens (primary N) is 1. The predicted molar refractivity (Wildman–Crippen MR) is 124 cm³/mol. The molecule has 9 heteroatoms. The molecule has 1 aliphatic heterocycles. The van der Waals surface area contributed by atoms with Crippen LogP contribution in [-0.4, -0.2) is 68.4 Å². The lowest BCUT2D eigenvalue weighted by Gasteiger charge is -2.38. The van der Waals surface area contributed by atoms with Crippen molar-refractivity contribution in [1.29, 1.82) is 0 Å². The van der Waals surface area contributed by atoms with Crippen LogP contribution in [0.3, 0.4) is 0 Å². The number of hydrogen-bond donors (Lipinski definition) is 2. The number of unbranched alkanes of at least 4 members (excludes halogenated alkanes) is 1. The largest absolute Gasteiger partial charge is 0.496 e. The molecule has 1 aromatic heterocycles. The maximum absolute atomic E-state index is 12.9. The summed E-state index contributed by atoms with van der Waals surface area (Å²) in [5.41, 5.74) is 6.55. The summed E-state index contributed by atoms with van der Waals surface area (Å²) in [5.74, 6) is 0.934. The molecule has 0 saturated carbocycles. The van der Waals surface area contributed by atoms with Gasteiger partial charge in [-0.1, -0.05) is 11.6 Å². The topological polar surface area (TPSA) is 98.9 Å². The van der Waals surface area contributed by atoms with Gasteiger partial charge in [-0.2, -0.15) is 0 Å². The molecule has 3 rings (SSSR count). The number of rotatable bonds is 10. The molecule has 1 saturated heterocycles. The highest BCUT2D eigenvalue weighted by atomic mass is 35.5. The van der Waals surface area contributed by atoms with Crippen LogP contribution in [0, 0.1) is 0 Å². The van der Waals surface area contributed by atoms with E-state index in [0.29, 0.717) is 28.6 Å². The van der Waals surface area contributed by atoms with Crippen molar-refractivity contribution in [3.05, 3.63) is 47.2 Å². The van der Waals surface area contributed by atoms with Gasteiger partial charge in [0.05, 0.1) is 48.3 Å². The Morgan fingerprint density at radius 1 is 1.34 bits per heavy atom. The van der Waals surface area contributed by atoms with Gasteiger partial charge in [-0.25, -0.2) is 0 Å². The van der Waals surface area contributed by atoms with Crippen LogP contribution in [0.5, 0.6) is 11.5 Å². The fourth-order valence-electron chi connectivity index (χ4n) is 3.81. The van der Waals surface area contributed by atoms with Crippen molar-refractivity contribution >= 4 is 23.2 Å². The van der Waals surface area contributed by atoms with Crippen LogP contribution in [0.15, 0.2) is 36.7 Å². The number of piperidine rings is 1. The Balaban J connectivity index is 1.46. The van der Waals surface area contributed by atoms with E-state index in [0.717, 1.165) is 44.6 Å². The zero-order chi connectivity index (χ0) is 22.9. The van der Waals surface area contributed by atoms with Gasteiger partial charge < -0.3 is 30.2 Å². The molecule has 1 fully saturated rings. The highest BCUT2D eigenvalue weighted by Crippen LogP contribution is 2.29. The van der Waals surface area contributed by atoms with E-state index in [-0.39, 0.29) is 18.1 Å². The number of amides is 1. The van der Waals surface area contributed by atoms with Gasteiger partial charge in [-0.05, 0) is 44.0 Å². The first-order valence-corrected chi connectivity index (χ1v) is 11.1. The molecule has 174 valence electrons. The van der Waals surface area contributed by atoms with Crippen LogP contribution < -0.4 is 20.5 Å². The van der Waals surface area contributed by atoms with Crippen molar-refractivity contribution in [2.24, 2.45) is 0 Å². The summed E-state index contributed by atoms with van der Waals surface area (Å²) < 4.78 is 16.7. The number of anilines is 1. The Morgan fingerprint density at radius 2 is 2.19 bits per heavy atom. The van der Waals surface area contributed by atoms with Crippen LogP contribution in [0.1, 0.15) is 29.6 Å². The fourth-order valence-corrected chi connectivity index (χ4v) is 3.97. The van der Waals surface area contributed by atoms with Gasteiger partial charge in [0.15, 0.2) is 0 Å². The molecule has 2 aromatic rings. The van der Waals surface area contributed by atoms with Gasteiger partial charge in [0.25, 0.3) is 5.91 Å². The van der Waals surface area contributed by atoms with Gasteiger partial charge in [-0.3, -0.25) is 9.78 Å². The smallest absolute Gasteiger partial charge is 0.255 e. The van der Waals surface area contributed by atoms with Crippen molar-refractivity contribution in [3.8, 4) is 11.5 Å². The third kappa shape index (κ3) is 6.48. The number of carbonyl (C=O) groups excluding carboxylic acids is 1. The number of nitrogens with zero attached hydrogens (tertiary/aromatic N) is 2. The van der Waals surface area contributed by atoms with E-state index >= 15 is 0 Å². The second-order valence-corrected chi connectivity index (χ2v) is 8.17. The number of nitrogens with one attached hydrogen (secondary N) is 1. The Bertz CT molecular complexity index is 884. The molecule has 2 unspecified atom stereocenters. The first-order valence-electron chi connectivity index (χ1n) is 10.7. The van der Waals surface area contributed by atoms with Crippen molar-refractivity contribution in [3.63, 3.8) is 0 Å². The molecule has 0 radical (unpaired) electrons. The number of likely N-dealkylation sites (tertiary alicyclic amines) is 1. The van der Waals surface area contributed by atoms with Gasteiger partial charge in [-0.15, -0.1) is 0 Å². The van der Waals surface area contributed by atoms with E-state index in [4.69, 9.17) is 31.5 Å². The maximum atomic E-state index is 12.9. The summed E-state index contributed by atoms with van der Waals surface area (Å²) in [6.07, 6.45) is 6.12. The molecule has 3 N–H and O–H groups in total. The van der Waals surface area contributed by atoms with E-state index in [1.807, 2.05) is 12.1 Å². The second kappa shape index (κ2) is 11.9. The first-order chi connectivity index (χ1) is 15.5. The maximum Gasteiger partial charge on any atom is 0.255 e. The molecule has 32 heavy (non-hydrogen) atoms. The van der Waals surface area contributed by atoms with Crippen LogP contribution in [0.2, 0.25) is 5.02 Å².